The Labute approximate surface area is 147 Å². The molecule has 7 heteroatoms. The molecule has 0 spiro atoms. The van der Waals surface area contributed by atoms with Gasteiger partial charge in [0.25, 0.3) is 0 Å². The van der Waals surface area contributed by atoms with Gasteiger partial charge in [-0.1, -0.05) is 36.8 Å². The van der Waals surface area contributed by atoms with Crippen LogP contribution < -0.4 is 0 Å². The van der Waals surface area contributed by atoms with Gasteiger partial charge in [0.2, 0.25) is 5.91 Å². The second-order valence-corrected chi connectivity index (χ2v) is 6.97. The number of hydrogen-bond donors (Lipinski definition) is 0. The lowest BCUT2D eigenvalue weighted by atomic mass is 9.98. The number of carbonyl (C=O) groups excluding carboxylic acids is 1. The summed E-state index contributed by atoms with van der Waals surface area (Å²) in [6.45, 7) is 3.77. The highest BCUT2D eigenvalue weighted by Gasteiger charge is 2.34. The molecule has 132 valence electrons. The number of nitrogens with zero attached hydrogens (tertiary/aromatic N) is 6. The van der Waals surface area contributed by atoms with Gasteiger partial charge in [0, 0.05) is 32.1 Å². The summed E-state index contributed by atoms with van der Waals surface area (Å²) in [5.41, 5.74) is 1.12. The summed E-state index contributed by atoms with van der Waals surface area (Å²) in [6, 6.07) is 10.2. The zero-order valence-electron chi connectivity index (χ0n) is 14.4. The number of carbonyl (C=O) groups is 1. The lowest BCUT2D eigenvalue weighted by Gasteiger charge is -2.44. The van der Waals surface area contributed by atoms with Crippen molar-refractivity contribution in [1.82, 2.24) is 30.0 Å². The predicted octanol–water partition coefficient (Wildman–Crippen LogP) is 1.15. The molecule has 0 saturated carbocycles. The largest absolute Gasteiger partial charge is 0.338 e. The summed E-state index contributed by atoms with van der Waals surface area (Å²) in [6.07, 6.45) is 5.89. The van der Waals surface area contributed by atoms with Gasteiger partial charge in [-0.15, -0.1) is 5.10 Å². The predicted molar refractivity (Wildman–Crippen MR) is 92.8 cm³/mol. The van der Waals surface area contributed by atoms with Gasteiger partial charge >= 0.3 is 0 Å². The molecule has 2 aliphatic rings. The second kappa shape index (κ2) is 7.31. The van der Waals surface area contributed by atoms with Crippen molar-refractivity contribution in [3.8, 4) is 0 Å². The van der Waals surface area contributed by atoms with Crippen molar-refractivity contribution in [2.75, 3.05) is 26.2 Å². The zero-order valence-corrected chi connectivity index (χ0v) is 14.4. The van der Waals surface area contributed by atoms with E-state index in [2.05, 4.69) is 20.4 Å². The molecular weight excluding hydrogens is 316 g/mol. The van der Waals surface area contributed by atoms with Crippen LogP contribution in [0.2, 0.25) is 0 Å². The van der Waals surface area contributed by atoms with Gasteiger partial charge in [-0.25, -0.2) is 4.68 Å². The Morgan fingerprint density at radius 3 is 2.84 bits per heavy atom. The Morgan fingerprint density at radius 1 is 1.16 bits per heavy atom. The minimum Gasteiger partial charge on any atom is -0.338 e. The summed E-state index contributed by atoms with van der Waals surface area (Å²) in [4.78, 5) is 17.8. The van der Waals surface area contributed by atoms with Crippen molar-refractivity contribution >= 4 is 5.91 Å². The number of hydrogen-bond acceptors (Lipinski definition) is 5. The number of benzene rings is 1. The van der Waals surface area contributed by atoms with E-state index in [1.807, 2.05) is 35.2 Å². The van der Waals surface area contributed by atoms with Crippen LogP contribution in [0, 0.1) is 0 Å². The van der Waals surface area contributed by atoms with Gasteiger partial charge in [0.15, 0.2) is 0 Å². The molecule has 7 nitrogen and oxygen atoms in total. The summed E-state index contributed by atoms with van der Waals surface area (Å²) in [5.74, 6) is 0.126. The fraction of sp³-hybridized carbons (Fsp3) is 0.556. The molecule has 2 unspecified atom stereocenters. The number of tetrazole rings is 1. The van der Waals surface area contributed by atoms with E-state index < -0.39 is 0 Å². The Balaban J connectivity index is 1.51. The lowest BCUT2D eigenvalue weighted by molar-refractivity contribution is -0.138. The maximum Gasteiger partial charge on any atom is 0.248 e. The van der Waals surface area contributed by atoms with Gasteiger partial charge < -0.3 is 4.90 Å². The number of amides is 1. The van der Waals surface area contributed by atoms with Crippen LogP contribution >= 0.6 is 0 Å². The summed E-state index contributed by atoms with van der Waals surface area (Å²) >= 11 is 0. The second-order valence-electron chi connectivity index (χ2n) is 6.97. The van der Waals surface area contributed by atoms with Gasteiger partial charge in [-0.3, -0.25) is 9.69 Å². The SMILES string of the molecule is O=C(C(Cc1ccccc1)n1cnnn1)N1CCN2CCCCC2C1. The molecule has 2 atom stereocenters. The molecule has 0 aliphatic carbocycles. The molecule has 2 saturated heterocycles. The number of piperazine rings is 1. The van der Waals surface area contributed by atoms with E-state index in [0.717, 1.165) is 25.2 Å². The first-order valence-corrected chi connectivity index (χ1v) is 9.10. The van der Waals surface area contributed by atoms with E-state index in [0.29, 0.717) is 12.5 Å². The standard InChI is InChI=1S/C18H24N6O/c25-18(23-11-10-22-9-5-4-8-16(22)13-23)17(24-14-19-20-21-24)12-15-6-2-1-3-7-15/h1-3,6-7,14,16-17H,4-5,8-13H2. The minimum absolute atomic E-state index is 0.126. The van der Waals surface area contributed by atoms with Crippen molar-refractivity contribution in [2.45, 2.75) is 37.8 Å². The lowest BCUT2D eigenvalue weighted by Crippen LogP contribution is -2.57. The minimum atomic E-state index is -0.382. The average Bonchev–Trinajstić information content (AvgIpc) is 3.20. The highest BCUT2D eigenvalue weighted by molar-refractivity contribution is 5.80. The van der Waals surface area contributed by atoms with Crippen LogP contribution in [0.15, 0.2) is 36.7 Å². The van der Waals surface area contributed by atoms with E-state index in [-0.39, 0.29) is 11.9 Å². The summed E-state index contributed by atoms with van der Waals surface area (Å²) < 4.78 is 1.60. The topological polar surface area (TPSA) is 67.2 Å². The van der Waals surface area contributed by atoms with Crippen molar-refractivity contribution in [2.24, 2.45) is 0 Å². The van der Waals surface area contributed by atoms with Crippen LogP contribution in [0.1, 0.15) is 30.9 Å². The van der Waals surface area contributed by atoms with E-state index in [1.165, 1.54) is 25.8 Å². The van der Waals surface area contributed by atoms with Crippen molar-refractivity contribution < 1.29 is 4.79 Å². The highest BCUT2D eigenvalue weighted by Crippen LogP contribution is 2.24. The first kappa shape index (κ1) is 16.2. The Hall–Kier alpha value is -2.28. The average molecular weight is 340 g/mol. The fourth-order valence-corrected chi connectivity index (χ4v) is 4.01. The number of aromatic nitrogens is 4. The highest BCUT2D eigenvalue weighted by atomic mass is 16.2. The Bertz CT molecular complexity index is 689. The quantitative estimate of drug-likeness (QED) is 0.835. The molecule has 1 aromatic carbocycles. The molecule has 1 amide bonds. The van der Waals surface area contributed by atoms with Gasteiger partial charge in [0.05, 0.1) is 0 Å². The van der Waals surface area contributed by atoms with Crippen molar-refractivity contribution in [3.63, 3.8) is 0 Å². The fourth-order valence-electron chi connectivity index (χ4n) is 4.01. The monoisotopic (exact) mass is 340 g/mol. The number of piperidine rings is 1. The number of rotatable bonds is 4. The maximum atomic E-state index is 13.3. The van der Waals surface area contributed by atoms with Crippen LogP contribution in [-0.2, 0) is 11.2 Å². The molecule has 25 heavy (non-hydrogen) atoms. The summed E-state index contributed by atoms with van der Waals surface area (Å²) in [7, 11) is 0. The van der Waals surface area contributed by atoms with E-state index >= 15 is 0 Å². The zero-order chi connectivity index (χ0) is 17.1. The molecule has 3 heterocycles. The third kappa shape index (κ3) is 3.56. The van der Waals surface area contributed by atoms with Gasteiger partial charge in [-0.2, -0.15) is 0 Å². The van der Waals surface area contributed by atoms with Crippen LogP contribution in [0.5, 0.6) is 0 Å². The first-order chi connectivity index (χ1) is 12.3. The molecule has 0 radical (unpaired) electrons. The molecule has 0 bridgehead atoms. The van der Waals surface area contributed by atoms with Crippen molar-refractivity contribution in [1.29, 1.82) is 0 Å². The van der Waals surface area contributed by atoms with E-state index in [9.17, 15) is 4.79 Å². The van der Waals surface area contributed by atoms with Crippen molar-refractivity contribution in [3.05, 3.63) is 42.2 Å². The molecule has 2 aliphatic heterocycles. The van der Waals surface area contributed by atoms with E-state index in [4.69, 9.17) is 0 Å². The molecule has 4 rings (SSSR count). The van der Waals surface area contributed by atoms with Gasteiger partial charge in [0.1, 0.15) is 12.4 Å². The molecular formula is C18H24N6O. The van der Waals surface area contributed by atoms with E-state index in [1.54, 1.807) is 11.0 Å². The van der Waals surface area contributed by atoms with Crippen LogP contribution in [0.25, 0.3) is 0 Å². The Kier molecular flexibility index (Phi) is 4.74. The van der Waals surface area contributed by atoms with Crippen LogP contribution in [0.3, 0.4) is 0 Å². The molecule has 0 N–H and O–H groups in total. The van der Waals surface area contributed by atoms with Gasteiger partial charge in [-0.05, 0) is 35.4 Å². The molecule has 2 aromatic rings. The number of fused-ring (bicyclic) bond motifs is 1. The smallest absolute Gasteiger partial charge is 0.248 e. The molecule has 1 aromatic heterocycles. The Morgan fingerprint density at radius 2 is 2.04 bits per heavy atom. The normalized spacial score (nSPS) is 22.4. The van der Waals surface area contributed by atoms with Crippen LogP contribution in [0.4, 0.5) is 0 Å². The summed E-state index contributed by atoms with van der Waals surface area (Å²) in [5, 5.41) is 11.5. The third-order valence-electron chi connectivity index (χ3n) is 5.39. The third-order valence-corrected chi connectivity index (χ3v) is 5.39. The van der Waals surface area contributed by atoms with Crippen LogP contribution in [-0.4, -0.2) is 68.1 Å². The maximum absolute atomic E-state index is 13.3. The first-order valence-electron chi connectivity index (χ1n) is 9.10. The molecule has 2 fully saturated rings.